The number of rotatable bonds is 10. The van der Waals surface area contributed by atoms with Gasteiger partial charge in [0.15, 0.2) is 5.96 Å². The van der Waals surface area contributed by atoms with Crippen molar-refractivity contribution in [1.29, 1.82) is 0 Å². The predicted molar refractivity (Wildman–Crippen MR) is 126 cm³/mol. The van der Waals surface area contributed by atoms with Crippen LogP contribution in [0.3, 0.4) is 0 Å². The first-order valence-corrected chi connectivity index (χ1v) is 10.1. The van der Waals surface area contributed by atoms with Gasteiger partial charge in [0, 0.05) is 32.8 Å². The lowest BCUT2D eigenvalue weighted by molar-refractivity contribution is 0.0657. The van der Waals surface area contributed by atoms with Crippen LogP contribution in [0.2, 0.25) is 0 Å². The van der Waals surface area contributed by atoms with E-state index in [-0.39, 0.29) is 54.4 Å². The Labute approximate surface area is 190 Å². The Morgan fingerprint density at radius 2 is 1.66 bits per heavy atom. The highest BCUT2D eigenvalue weighted by Crippen LogP contribution is 2.30. The summed E-state index contributed by atoms with van der Waals surface area (Å²) in [5.74, 6) is 0.162. The van der Waals surface area contributed by atoms with Crippen molar-refractivity contribution in [3.8, 4) is 0 Å². The third kappa shape index (κ3) is 6.15. The molecule has 0 spiro atoms. The lowest BCUT2D eigenvalue weighted by atomic mass is 9.79. The van der Waals surface area contributed by atoms with Crippen LogP contribution in [0, 0.1) is 5.41 Å². The van der Waals surface area contributed by atoms with Crippen LogP contribution in [-0.2, 0) is 0 Å². The minimum absolute atomic E-state index is 0. The lowest BCUT2D eigenvalue weighted by Gasteiger charge is -2.29. The number of imide groups is 1. The van der Waals surface area contributed by atoms with Gasteiger partial charge in [-0.15, -0.1) is 24.0 Å². The summed E-state index contributed by atoms with van der Waals surface area (Å²) in [6, 6.07) is 6.90. The summed E-state index contributed by atoms with van der Waals surface area (Å²) in [4.78, 5) is 30.8. The summed E-state index contributed by atoms with van der Waals surface area (Å²) in [6.07, 6.45) is 2.61. The molecule has 0 saturated heterocycles. The molecule has 1 heterocycles. The molecular weight excluding hydrogens is 483 g/mol. The molecule has 29 heavy (non-hydrogen) atoms. The second-order valence-corrected chi connectivity index (χ2v) is 7.11. The summed E-state index contributed by atoms with van der Waals surface area (Å²) < 4.78 is 0. The van der Waals surface area contributed by atoms with Gasteiger partial charge in [-0.2, -0.15) is 0 Å². The van der Waals surface area contributed by atoms with Crippen molar-refractivity contribution >= 4 is 41.8 Å². The maximum atomic E-state index is 12.4. The predicted octanol–water partition coefficient (Wildman–Crippen LogP) is 2.64. The van der Waals surface area contributed by atoms with Crippen molar-refractivity contribution in [3.05, 3.63) is 35.4 Å². The second kappa shape index (κ2) is 12.1. The number of halogens is 1. The zero-order valence-electron chi connectivity index (χ0n) is 17.5. The van der Waals surface area contributed by atoms with Crippen molar-refractivity contribution in [3.63, 3.8) is 0 Å². The highest BCUT2D eigenvalue weighted by atomic mass is 127. The Hall–Kier alpha value is -1.68. The molecule has 0 fully saturated rings. The van der Waals surface area contributed by atoms with Gasteiger partial charge in [0.05, 0.1) is 11.1 Å². The van der Waals surface area contributed by atoms with E-state index < -0.39 is 0 Å². The van der Waals surface area contributed by atoms with E-state index in [1.54, 1.807) is 24.3 Å². The number of aliphatic imine (C=N–C) groups is 1. The van der Waals surface area contributed by atoms with Crippen molar-refractivity contribution in [2.24, 2.45) is 10.4 Å². The average molecular weight is 516 g/mol. The molecule has 1 aliphatic rings. The van der Waals surface area contributed by atoms with E-state index >= 15 is 0 Å². The van der Waals surface area contributed by atoms with Gasteiger partial charge < -0.3 is 15.7 Å². The Morgan fingerprint density at radius 1 is 1.07 bits per heavy atom. The monoisotopic (exact) mass is 516 g/mol. The third-order valence-electron chi connectivity index (χ3n) is 5.56. The van der Waals surface area contributed by atoms with Crippen LogP contribution in [0.4, 0.5) is 0 Å². The van der Waals surface area contributed by atoms with Gasteiger partial charge in [-0.1, -0.05) is 26.0 Å². The number of amides is 2. The number of nitrogens with one attached hydrogen (secondary N) is 2. The van der Waals surface area contributed by atoms with Gasteiger partial charge in [-0.05, 0) is 43.7 Å². The molecule has 0 aliphatic carbocycles. The van der Waals surface area contributed by atoms with Gasteiger partial charge in [-0.3, -0.25) is 19.5 Å². The minimum Gasteiger partial charge on any atom is -0.396 e. The van der Waals surface area contributed by atoms with E-state index in [0.29, 0.717) is 36.7 Å². The maximum absolute atomic E-state index is 12.4. The van der Waals surface area contributed by atoms with Crippen LogP contribution < -0.4 is 10.6 Å². The number of benzene rings is 1. The van der Waals surface area contributed by atoms with E-state index in [1.165, 1.54) is 4.90 Å². The van der Waals surface area contributed by atoms with Crippen LogP contribution in [0.5, 0.6) is 0 Å². The summed E-state index contributed by atoms with van der Waals surface area (Å²) in [5, 5.41) is 15.8. The number of carbonyl (C=O) groups is 2. The molecular formula is C21H33IN4O3. The highest BCUT2D eigenvalue weighted by molar-refractivity contribution is 14.0. The van der Waals surface area contributed by atoms with Gasteiger partial charge in [0.1, 0.15) is 0 Å². The Kier molecular flexibility index (Phi) is 10.6. The molecule has 1 aromatic carbocycles. The first-order valence-electron chi connectivity index (χ1n) is 10.1. The number of carbonyl (C=O) groups excluding carboxylic acids is 2. The SMILES string of the molecule is CCNC(=NCC(CC)(CC)CCO)NCCN1C(=O)c2ccccc2C1=O.I. The molecule has 0 aromatic heterocycles. The molecule has 0 unspecified atom stereocenters. The van der Waals surface area contributed by atoms with Crippen molar-refractivity contribution in [2.75, 3.05) is 32.8 Å². The smallest absolute Gasteiger partial charge is 0.261 e. The maximum Gasteiger partial charge on any atom is 0.261 e. The number of nitrogens with zero attached hydrogens (tertiary/aromatic N) is 2. The molecule has 2 amide bonds. The van der Waals surface area contributed by atoms with Gasteiger partial charge >= 0.3 is 0 Å². The van der Waals surface area contributed by atoms with Crippen LogP contribution in [0.15, 0.2) is 29.3 Å². The largest absolute Gasteiger partial charge is 0.396 e. The summed E-state index contributed by atoms with van der Waals surface area (Å²) in [5.41, 5.74) is 0.917. The van der Waals surface area contributed by atoms with Crippen LogP contribution >= 0.6 is 24.0 Å². The average Bonchev–Trinajstić information content (AvgIpc) is 2.96. The van der Waals surface area contributed by atoms with Crippen molar-refractivity contribution in [2.45, 2.75) is 40.0 Å². The topological polar surface area (TPSA) is 94.0 Å². The standard InChI is InChI=1S/C21H32N4O3.HI/c1-4-21(5-2,11-14-26)15-24-20(22-6-3)23-12-13-25-18(27)16-9-7-8-10-17(16)19(25)28;/h7-10,26H,4-6,11-15H2,1-3H3,(H2,22,23,24);1H. The third-order valence-corrected chi connectivity index (χ3v) is 5.56. The quantitative estimate of drug-likeness (QED) is 0.193. The fourth-order valence-electron chi connectivity index (χ4n) is 3.46. The molecule has 0 atom stereocenters. The Bertz CT molecular complexity index is 685. The molecule has 0 radical (unpaired) electrons. The number of hydrogen-bond acceptors (Lipinski definition) is 4. The lowest BCUT2D eigenvalue weighted by Crippen LogP contribution is -2.43. The van der Waals surface area contributed by atoms with Crippen LogP contribution in [-0.4, -0.2) is 60.6 Å². The summed E-state index contributed by atoms with van der Waals surface area (Å²) >= 11 is 0. The van der Waals surface area contributed by atoms with E-state index in [0.717, 1.165) is 19.3 Å². The van der Waals surface area contributed by atoms with E-state index in [9.17, 15) is 14.7 Å². The van der Waals surface area contributed by atoms with E-state index in [1.807, 2.05) is 6.92 Å². The van der Waals surface area contributed by atoms with Gasteiger partial charge in [0.25, 0.3) is 11.8 Å². The summed E-state index contributed by atoms with van der Waals surface area (Å²) in [6.45, 7) is 8.41. The Morgan fingerprint density at radius 3 is 2.14 bits per heavy atom. The molecule has 0 bridgehead atoms. The molecule has 2 rings (SSSR count). The molecule has 3 N–H and O–H groups in total. The zero-order chi connectivity index (χ0) is 20.6. The number of aliphatic hydroxyl groups is 1. The highest BCUT2D eigenvalue weighted by Gasteiger charge is 2.34. The number of guanidine groups is 1. The minimum atomic E-state index is -0.247. The van der Waals surface area contributed by atoms with Crippen LogP contribution in [0.1, 0.15) is 60.7 Å². The fourth-order valence-corrected chi connectivity index (χ4v) is 3.46. The number of aliphatic hydroxyl groups excluding tert-OH is 1. The van der Waals surface area contributed by atoms with Crippen molar-refractivity contribution in [1.82, 2.24) is 15.5 Å². The fraction of sp³-hybridized carbons (Fsp3) is 0.571. The number of hydrogen-bond donors (Lipinski definition) is 3. The first kappa shape index (κ1) is 25.4. The van der Waals surface area contributed by atoms with Gasteiger partial charge in [-0.25, -0.2) is 0 Å². The molecule has 162 valence electrons. The van der Waals surface area contributed by atoms with E-state index in [4.69, 9.17) is 0 Å². The van der Waals surface area contributed by atoms with Crippen LogP contribution in [0.25, 0.3) is 0 Å². The molecule has 0 saturated carbocycles. The van der Waals surface area contributed by atoms with E-state index in [2.05, 4.69) is 29.5 Å². The zero-order valence-corrected chi connectivity index (χ0v) is 19.9. The molecule has 7 nitrogen and oxygen atoms in total. The second-order valence-electron chi connectivity index (χ2n) is 7.11. The molecule has 1 aliphatic heterocycles. The normalized spacial score (nSPS) is 13.9. The number of fused-ring (bicyclic) bond motifs is 1. The Balaban J connectivity index is 0.00000420. The molecule has 1 aromatic rings. The van der Waals surface area contributed by atoms with Crippen molar-refractivity contribution < 1.29 is 14.7 Å². The first-order chi connectivity index (χ1) is 13.5. The van der Waals surface area contributed by atoms with Gasteiger partial charge in [0.2, 0.25) is 0 Å². The summed E-state index contributed by atoms with van der Waals surface area (Å²) in [7, 11) is 0. The molecule has 8 heteroatoms.